The van der Waals surface area contributed by atoms with E-state index in [1.807, 2.05) is 31.3 Å². The molecule has 5 heteroatoms. The Balaban J connectivity index is 2.33. The van der Waals surface area contributed by atoms with E-state index in [4.69, 9.17) is 5.11 Å². The maximum atomic E-state index is 10.4. The van der Waals surface area contributed by atoms with Crippen LogP contribution in [0.3, 0.4) is 0 Å². The molecule has 0 fully saturated rings. The van der Waals surface area contributed by atoms with E-state index >= 15 is 0 Å². The smallest absolute Gasteiger partial charge is 0.328 e. The van der Waals surface area contributed by atoms with Crippen LogP contribution in [0.4, 0.5) is 0 Å². The van der Waals surface area contributed by atoms with Crippen LogP contribution in [-0.4, -0.2) is 20.9 Å². The van der Waals surface area contributed by atoms with E-state index in [1.165, 1.54) is 0 Å². The average Bonchev–Trinajstić information content (AvgIpc) is 2.73. The molecule has 0 radical (unpaired) electrons. The number of nitrogens with zero attached hydrogens (tertiary/aromatic N) is 2. The molecule has 2 aromatic rings. The molecule has 18 heavy (non-hydrogen) atoms. The van der Waals surface area contributed by atoms with Gasteiger partial charge in [-0.1, -0.05) is 6.07 Å². The highest BCUT2D eigenvalue weighted by Crippen LogP contribution is 2.22. The second-order valence-corrected chi connectivity index (χ2v) is 4.70. The first-order chi connectivity index (χ1) is 8.56. The van der Waals surface area contributed by atoms with Crippen molar-refractivity contribution in [3.05, 3.63) is 52.3 Å². The zero-order chi connectivity index (χ0) is 13.1. The molecule has 0 aliphatic rings. The van der Waals surface area contributed by atoms with Crippen molar-refractivity contribution < 1.29 is 9.90 Å². The molecule has 4 nitrogen and oxygen atoms in total. The Bertz CT molecular complexity index is 617. The van der Waals surface area contributed by atoms with E-state index in [1.54, 1.807) is 17.0 Å². The van der Waals surface area contributed by atoms with E-state index in [-0.39, 0.29) is 0 Å². The highest BCUT2D eigenvalue weighted by atomic mass is 79.9. The van der Waals surface area contributed by atoms with Crippen LogP contribution in [0.15, 0.2) is 41.1 Å². The van der Waals surface area contributed by atoms with Gasteiger partial charge in [0.15, 0.2) is 0 Å². The van der Waals surface area contributed by atoms with Gasteiger partial charge in [0.25, 0.3) is 0 Å². The fraction of sp³-hybridized carbons (Fsp3) is 0.0769. The molecule has 0 unspecified atom stereocenters. The number of benzene rings is 1. The van der Waals surface area contributed by atoms with Crippen LogP contribution in [0, 0.1) is 6.92 Å². The van der Waals surface area contributed by atoms with Gasteiger partial charge in [0.05, 0.1) is 11.9 Å². The van der Waals surface area contributed by atoms with Crippen molar-refractivity contribution in [2.75, 3.05) is 0 Å². The van der Waals surface area contributed by atoms with Gasteiger partial charge in [-0.05, 0) is 52.2 Å². The third-order valence-electron chi connectivity index (χ3n) is 2.35. The topological polar surface area (TPSA) is 55.1 Å². The van der Waals surface area contributed by atoms with Crippen molar-refractivity contribution in [2.24, 2.45) is 0 Å². The maximum Gasteiger partial charge on any atom is 0.328 e. The fourth-order valence-electron chi connectivity index (χ4n) is 1.52. The number of aryl methyl sites for hydroxylation is 1. The number of carboxylic acid groups (broad SMARTS) is 1. The Labute approximate surface area is 113 Å². The third kappa shape index (κ3) is 2.87. The average molecular weight is 307 g/mol. The molecule has 92 valence electrons. The fourth-order valence-corrected chi connectivity index (χ4v) is 2.10. The molecular formula is C13H11BrN2O2. The molecule has 0 amide bonds. The van der Waals surface area contributed by atoms with Crippen molar-refractivity contribution in [3.63, 3.8) is 0 Å². The Hall–Kier alpha value is -1.88. The van der Waals surface area contributed by atoms with Gasteiger partial charge < -0.3 is 5.11 Å². The van der Waals surface area contributed by atoms with Gasteiger partial charge >= 0.3 is 5.97 Å². The summed E-state index contributed by atoms with van der Waals surface area (Å²) in [6, 6.07) is 5.58. The molecule has 0 aliphatic heterocycles. The van der Waals surface area contributed by atoms with E-state index in [0.29, 0.717) is 0 Å². The van der Waals surface area contributed by atoms with E-state index in [0.717, 1.165) is 27.4 Å². The number of aromatic nitrogens is 2. The Morgan fingerprint density at radius 2 is 2.28 bits per heavy atom. The van der Waals surface area contributed by atoms with Crippen molar-refractivity contribution in [1.82, 2.24) is 9.78 Å². The summed E-state index contributed by atoms with van der Waals surface area (Å²) in [6.07, 6.45) is 6.36. The van der Waals surface area contributed by atoms with E-state index < -0.39 is 5.97 Å². The summed E-state index contributed by atoms with van der Waals surface area (Å²) in [5.74, 6) is -0.960. The Morgan fingerprint density at radius 3 is 2.83 bits per heavy atom. The van der Waals surface area contributed by atoms with Crippen LogP contribution in [0.5, 0.6) is 0 Å². The first-order valence-corrected chi connectivity index (χ1v) is 6.08. The minimum atomic E-state index is -0.960. The Kier molecular flexibility index (Phi) is 3.62. The number of carboxylic acids is 1. The van der Waals surface area contributed by atoms with Gasteiger partial charge in [0.2, 0.25) is 0 Å². The molecule has 1 aromatic carbocycles. The number of halogens is 1. The van der Waals surface area contributed by atoms with Crippen LogP contribution in [0.2, 0.25) is 0 Å². The van der Waals surface area contributed by atoms with Crippen molar-refractivity contribution in [2.45, 2.75) is 6.92 Å². The number of carbonyl (C=O) groups is 1. The van der Waals surface area contributed by atoms with Gasteiger partial charge in [-0.2, -0.15) is 5.10 Å². The van der Waals surface area contributed by atoms with Crippen LogP contribution >= 0.6 is 15.9 Å². The third-order valence-corrected chi connectivity index (χ3v) is 2.98. The van der Waals surface area contributed by atoms with Crippen LogP contribution in [-0.2, 0) is 4.79 Å². The largest absolute Gasteiger partial charge is 0.478 e. The van der Waals surface area contributed by atoms with Crippen molar-refractivity contribution >= 4 is 28.0 Å². The zero-order valence-electron chi connectivity index (χ0n) is 9.67. The molecule has 1 heterocycles. The molecule has 2 rings (SSSR count). The summed E-state index contributed by atoms with van der Waals surface area (Å²) in [5.41, 5.74) is 2.81. The van der Waals surface area contributed by atoms with Gasteiger partial charge in [-0.15, -0.1) is 0 Å². The van der Waals surface area contributed by atoms with E-state index in [2.05, 4.69) is 21.0 Å². The Morgan fingerprint density at radius 1 is 1.50 bits per heavy atom. The summed E-state index contributed by atoms with van der Waals surface area (Å²) in [6.45, 7) is 1.97. The second kappa shape index (κ2) is 5.18. The van der Waals surface area contributed by atoms with Crippen molar-refractivity contribution in [1.29, 1.82) is 0 Å². The number of hydrogen-bond donors (Lipinski definition) is 1. The normalized spacial score (nSPS) is 11.0. The number of hydrogen-bond acceptors (Lipinski definition) is 2. The predicted octanol–water partition coefficient (Wildman–Crippen LogP) is 3.04. The molecule has 0 saturated carbocycles. The summed E-state index contributed by atoms with van der Waals surface area (Å²) < 4.78 is 2.63. The molecule has 1 aromatic heterocycles. The lowest BCUT2D eigenvalue weighted by atomic mass is 10.2. The minimum Gasteiger partial charge on any atom is -0.478 e. The second-order valence-electron chi connectivity index (χ2n) is 3.84. The van der Waals surface area contributed by atoms with E-state index in [9.17, 15) is 4.79 Å². The quantitative estimate of drug-likeness (QED) is 0.887. The first-order valence-electron chi connectivity index (χ1n) is 5.28. The monoisotopic (exact) mass is 306 g/mol. The summed E-state index contributed by atoms with van der Waals surface area (Å²) in [4.78, 5) is 10.4. The first kappa shape index (κ1) is 12.6. The summed E-state index contributed by atoms with van der Waals surface area (Å²) in [7, 11) is 0. The summed E-state index contributed by atoms with van der Waals surface area (Å²) in [5, 5.41) is 12.8. The van der Waals surface area contributed by atoms with Crippen LogP contribution in [0.1, 0.15) is 11.1 Å². The lowest BCUT2D eigenvalue weighted by Crippen LogP contribution is -1.95. The van der Waals surface area contributed by atoms with Gasteiger partial charge in [0, 0.05) is 16.7 Å². The van der Waals surface area contributed by atoms with Crippen LogP contribution in [0.25, 0.3) is 11.8 Å². The zero-order valence-corrected chi connectivity index (χ0v) is 11.3. The highest BCUT2D eigenvalue weighted by Gasteiger charge is 2.04. The highest BCUT2D eigenvalue weighted by molar-refractivity contribution is 9.10. The molecule has 0 atom stereocenters. The lowest BCUT2D eigenvalue weighted by molar-refractivity contribution is -0.131. The van der Waals surface area contributed by atoms with Crippen LogP contribution < -0.4 is 0 Å². The molecule has 0 saturated heterocycles. The molecule has 0 aliphatic carbocycles. The molecule has 0 spiro atoms. The van der Waals surface area contributed by atoms with Gasteiger partial charge in [-0.3, -0.25) is 0 Å². The van der Waals surface area contributed by atoms with Crippen molar-refractivity contribution in [3.8, 4) is 5.69 Å². The molecule has 0 bridgehead atoms. The molecule has 1 N–H and O–H groups in total. The minimum absolute atomic E-state index is 0.817. The lowest BCUT2D eigenvalue weighted by Gasteiger charge is -2.05. The standard InChI is InChI=1S/C13H11BrN2O2/c1-9-7-15-16(8-9)12-4-2-10(6-11(12)14)3-5-13(17)18/h2-8H,1H3,(H,17,18)/b5-3+. The number of aliphatic carboxylic acids is 1. The predicted molar refractivity (Wildman–Crippen MR) is 72.7 cm³/mol. The van der Waals surface area contributed by atoms with Gasteiger partial charge in [0.1, 0.15) is 0 Å². The number of rotatable bonds is 3. The van der Waals surface area contributed by atoms with Gasteiger partial charge in [-0.25, -0.2) is 9.48 Å². The maximum absolute atomic E-state index is 10.4. The summed E-state index contributed by atoms with van der Waals surface area (Å²) >= 11 is 3.46. The SMILES string of the molecule is Cc1cnn(-c2ccc(/C=C/C(=O)O)cc2Br)c1. The molecular weight excluding hydrogens is 296 g/mol.